The van der Waals surface area contributed by atoms with Gasteiger partial charge in [0.1, 0.15) is 6.04 Å². The van der Waals surface area contributed by atoms with Crippen LogP contribution in [0.1, 0.15) is 26.7 Å². The lowest BCUT2D eigenvalue weighted by molar-refractivity contribution is -0.148. The van der Waals surface area contributed by atoms with Crippen molar-refractivity contribution in [1.82, 2.24) is 10.2 Å². The quantitative estimate of drug-likeness (QED) is 0.774. The van der Waals surface area contributed by atoms with Gasteiger partial charge in [0.2, 0.25) is 0 Å². The Labute approximate surface area is 126 Å². The van der Waals surface area contributed by atoms with Gasteiger partial charge in [-0.1, -0.05) is 45.2 Å². The number of piperidine rings is 1. The minimum atomic E-state index is -4.33. The molecule has 21 heavy (non-hydrogen) atoms. The van der Waals surface area contributed by atoms with E-state index in [-0.39, 0.29) is 11.6 Å². The second kappa shape index (κ2) is 9.79. The first-order valence-corrected chi connectivity index (χ1v) is 7.34. The third-order valence-corrected chi connectivity index (χ3v) is 3.33. The van der Waals surface area contributed by atoms with E-state index in [0.29, 0.717) is 0 Å². The van der Waals surface area contributed by atoms with Crippen molar-refractivity contribution in [2.24, 2.45) is 0 Å². The summed E-state index contributed by atoms with van der Waals surface area (Å²) < 4.78 is 39.3. The molecule has 1 unspecified atom stereocenters. The van der Waals surface area contributed by atoms with Crippen LogP contribution in [0.2, 0.25) is 0 Å². The van der Waals surface area contributed by atoms with Gasteiger partial charge in [0.25, 0.3) is 0 Å². The molecule has 0 saturated carbocycles. The van der Waals surface area contributed by atoms with E-state index in [2.05, 4.69) is 23.4 Å². The second-order valence-corrected chi connectivity index (χ2v) is 4.83. The molecule has 1 atom stereocenters. The first kappa shape index (κ1) is 19.9. The van der Waals surface area contributed by atoms with Gasteiger partial charge in [-0.15, -0.1) is 0 Å². The van der Waals surface area contributed by atoms with E-state index in [1.807, 2.05) is 20.9 Å². The smallest absolute Gasteiger partial charge is 0.306 e. The van der Waals surface area contributed by atoms with Gasteiger partial charge < -0.3 is 4.90 Å². The van der Waals surface area contributed by atoms with E-state index in [4.69, 9.17) is 0 Å². The number of rotatable bonds is 5. The second-order valence-electron chi connectivity index (χ2n) is 4.83. The molecular weight excluding hydrogens is 277 g/mol. The number of halogens is 3. The van der Waals surface area contributed by atoms with Gasteiger partial charge in [0, 0.05) is 6.04 Å². The molecule has 0 spiro atoms. The molecule has 1 fully saturated rings. The van der Waals surface area contributed by atoms with Crippen LogP contribution in [0, 0.1) is 0 Å². The summed E-state index contributed by atoms with van der Waals surface area (Å²) in [5.74, 6) is 0. The van der Waals surface area contributed by atoms with Crippen LogP contribution in [-0.2, 0) is 0 Å². The molecule has 5 heteroatoms. The van der Waals surface area contributed by atoms with Crippen LogP contribution in [0.25, 0.3) is 0 Å². The molecule has 1 N–H and O–H groups in total. The molecule has 0 bridgehead atoms. The van der Waals surface area contributed by atoms with Gasteiger partial charge in [0.15, 0.2) is 0 Å². The molecular formula is C16H27F3N2. The maximum absolute atomic E-state index is 13.1. The summed E-state index contributed by atoms with van der Waals surface area (Å²) >= 11 is 0. The third-order valence-electron chi connectivity index (χ3n) is 3.33. The van der Waals surface area contributed by atoms with Gasteiger partial charge in [-0.25, -0.2) is 0 Å². The Morgan fingerprint density at radius 3 is 2.14 bits per heavy atom. The summed E-state index contributed by atoms with van der Waals surface area (Å²) in [5, 5.41) is 2.71. The van der Waals surface area contributed by atoms with Crippen LogP contribution in [-0.4, -0.2) is 43.3 Å². The molecule has 0 radical (unpaired) electrons. The molecule has 0 amide bonds. The highest BCUT2D eigenvalue weighted by Gasteiger charge is 2.42. The first-order valence-electron chi connectivity index (χ1n) is 7.34. The Bertz CT molecular complexity index is 340. The van der Waals surface area contributed by atoms with Crippen molar-refractivity contribution in [3.8, 4) is 0 Å². The predicted molar refractivity (Wildman–Crippen MR) is 83.3 cm³/mol. The van der Waals surface area contributed by atoms with Crippen LogP contribution in [0.5, 0.6) is 0 Å². The average Bonchev–Trinajstić information content (AvgIpc) is 2.45. The van der Waals surface area contributed by atoms with Gasteiger partial charge in [-0.3, -0.25) is 5.32 Å². The molecule has 0 aromatic heterocycles. The van der Waals surface area contributed by atoms with E-state index in [0.717, 1.165) is 25.9 Å². The van der Waals surface area contributed by atoms with Crippen LogP contribution < -0.4 is 5.32 Å². The molecule has 1 rings (SSSR count). The predicted octanol–water partition coefficient (Wildman–Crippen LogP) is 3.93. The molecule has 1 heterocycles. The van der Waals surface area contributed by atoms with Gasteiger partial charge >= 0.3 is 6.18 Å². The number of alkyl halides is 3. The number of nitrogens with zero attached hydrogens (tertiary/aromatic N) is 1. The number of allylic oxidation sites excluding steroid dienone is 2. The fourth-order valence-electron chi connectivity index (χ4n) is 2.21. The van der Waals surface area contributed by atoms with E-state index in [9.17, 15) is 13.2 Å². The molecule has 1 aliphatic rings. The van der Waals surface area contributed by atoms with Gasteiger partial charge in [-0.2, -0.15) is 13.2 Å². The van der Waals surface area contributed by atoms with Crippen LogP contribution >= 0.6 is 0 Å². The van der Waals surface area contributed by atoms with Gasteiger partial charge in [-0.05, 0) is 38.6 Å². The molecule has 1 saturated heterocycles. The fourth-order valence-corrected chi connectivity index (χ4v) is 2.21. The maximum Gasteiger partial charge on any atom is 0.407 e. The standard InChI is InChI=1S/C14H21F3N2.C2H6/c1-4-6-11(5-2)13(14(15,16)17)18-12-7-9-19(3)10-8-12;1-2/h4-6,12-13,18H,1-2,7-10H2,3H3;1-2H3/b11-6+;. The van der Waals surface area contributed by atoms with Crippen molar-refractivity contribution in [3.63, 3.8) is 0 Å². The molecule has 1 aliphatic heterocycles. The first-order chi connectivity index (χ1) is 9.88. The lowest BCUT2D eigenvalue weighted by Crippen LogP contribution is -2.51. The fraction of sp³-hybridized carbons (Fsp3) is 0.625. The molecule has 122 valence electrons. The van der Waals surface area contributed by atoms with Crippen molar-refractivity contribution in [2.45, 2.75) is 44.9 Å². The summed E-state index contributed by atoms with van der Waals surface area (Å²) in [5.41, 5.74) is 0.112. The Kier molecular flexibility index (Phi) is 9.29. The summed E-state index contributed by atoms with van der Waals surface area (Å²) in [6, 6.07) is -1.78. The maximum atomic E-state index is 13.1. The van der Waals surface area contributed by atoms with Crippen molar-refractivity contribution < 1.29 is 13.2 Å². The highest BCUT2D eigenvalue weighted by molar-refractivity contribution is 5.28. The molecule has 0 aromatic carbocycles. The van der Waals surface area contributed by atoms with Crippen molar-refractivity contribution in [2.75, 3.05) is 20.1 Å². The third kappa shape index (κ3) is 6.96. The summed E-state index contributed by atoms with van der Waals surface area (Å²) in [4.78, 5) is 2.12. The minimum Gasteiger partial charge on any atom is -0.306 e. The number of hydrogen-bond donors (Lipinski definition) is 1. The average molecular weight is 304 g/mol. The zero-order valence-electron chi connectivity index (χ0n) is 13.2. The van der Waals surface area contributed by atoms with E-state index < -0.39 is 12.2 Å². The van der Waals surface area contributed by atoms with Crippen LogP contribution in [0.4, 0.5) is 13.2 Å². The van der Waals surface area contributed by atoms with E-state index in [1.54, 1.807) is 0 Å². The summed E-state index contributed by atoms with van der Waals surface area (Å²) in [6.07, 6.45) is 1.07. The number of nitrogens with one attached hydrogen (secondary N) is 1. The Morgan fingerprint density at radius 1 is 1.24 bits per heavy atom. The Hall–Kier alpha value is -1.07. The van der Waals surface area contributed by atoms with Crippen LogP contribution in [0.15, 0.2) is 37.0 Å². The SMILES string of the molecule is C=C/C=C(\C=C)C(NC1CCN(C)CC1)C(F)(F)F.CC. The minimum absolute atomic E-state index is 0.112. The zero-order chi connectivity index (χ0) is 16.5. The lowest BCUT2D eigenvalue weighted by atomic mass is 10.0. The Balaban J connectivity index is 0.00000191. The Morgan fingerprint density at radius 2 is 1.76 bits per heavy atom. The summed E-state index contributed by atoms with van der Waals surface area (Å²) in [7, 11) is 1.98. The van der Waals surface area contributed by atoms with Crippen molar-refractivity contribution in [3.05, 3.63) is 37.0 Å². The topological polar surface area (TPSA) is 15.3 Å². The van der Waals surface area contributed by atoms with Gasteiger partial charge in [0.05, 0.1) is 0 Å². The zero-order valence-corrected chi connectivity index (χ0v) is 13.2. The normalized spacial score (nSPS) is 19.4. The number of hydrogen-bond acceptors (Lipinski definition) is 2. The molecule has 2 nitrogen and oxygen atoms in total. The van der Waals surface area contributed by atoms with Crippen LogP contribution in [0.3, 0.4) is 0 Å². The molecule has 0 aliphatic carbocycles. The lowest BCUT2D eigenvalue weighted by Gasteiger charge is -2.33. The van der Waals surface area contributed by atoms with Crippen molar-refractivity contribution in [1.29, 1.82) is 0 Å². The van der Waals surface area contributed by atoms with E-state index in [1.165, 1.54) is 18.2 Å². The number of likely N-dealkylation sites (tertiary alicyclic amines) is 1. The summed E-state index contributed by atoms with van der Waals surface area (Å²) in [6.45, 7) is 12.5. The highest BCUT2D eigenvalue weighted by atomic mass is 19.4. The highest BCUT2D eigenvalue weighted by Crippen LogP contribution is 2.27. The van der Waals surface area contributed by atoms with E-state index >= 15 is 0 Å². The molecule has 0 aromatic rings. The monoisotopic (exact) mass is 304 g/mol. The largest absolute Gasteiger partial charge is 0.407 e. The van der Waals surface area contributed by atoms with Crippen molar-refractivity contribution >= 4 is 0 Å².